The van der Waals surface area contributed by atoms with Gasteiger partial charge in [0.1, 0.15) is 17.0 Å². The van der Waals surface area contributed by atoms with E-state index in [0.29, 0.717) is 0 Å². The fourth-order valence-corrected chi connectivity index (χ4v) is 10.4. The van der Waals surface area contributed by atoms with Crippen molar-refractivity contribution in [1.29, 1.82) is 0 Å². The number of rotatable bonds is 5. The van der Waals surface area contributed by atoms with E-state index in [9.17, 15) is 0 Å². The third-order valence-electron chi connectivity index (χ3n) is 12.0. The van der Waals surface area contributed by atoms with Gasteiger partial charge in [0, 0.05) is 53.3 Å². The largest absolute Gasteiger partial charge is 0.456 e. The Morgan fingerprint density at radius 1 is 0.542 bits per heavy atom. The van der Waals surface area contributed by atoms with Crippen LogP contribution in [0.3, 0.4) is 0 Å². The highest BCUT2D eigenvalue weighted by molar-refractivity contribution is 7.25. The maximum Gasteiger partial charge on any atom is 0.137 e. The van der Waals surface area contributed by atoms with Crippen molar-refractivity contribution in [2.75, 3.05) is 0 Å². The van der Waals surface area contributed by atoms with E-state index in [2.05, 4.69) is 192 Å². The number of fused-ring (bicyclic) bond motifs is 10. The second kappa shape index (κ2) is 13.7. The maximum absolute atomic E-state index is 6.40. The number of hydrogen-bond donors (Lipinski definition) is 1. The Balaban J connectivity index is 1.02. The van der Waals surface area contributed by atoms with Gasteiger partial charge in [0.15, 0.2) is 0 Å². The summed E-state index contributed by atoms with van der Waals surface area (Å²) < 4.78 is 11.4. The molecule has 1 N–H and O–H groups in total. The van der Waals surface area contributed by atoms with Crippen molar-refractivity contribution in [3.8, 4) is 16.8 Å². The number of nitrogens with zero attached hydrogens (tertiary/aromatic N) is 2. The average molecular weight is 776 g/mol. The van der Waals surface area contributed by atoms with Crippen LogP contribution < -0.4 is 5.32 Å². The third-order valence-corrected chi connectivity index (χ3v) is 13.1. The van der Waals surface area contributed by atoms with E-state index in [1.54, 1.807) is 0 Å². The number of furan rings is 1. The van der Waals surface area contributed by atoms with Crippen LogP contribution in [0.5, 0.6) is 0 Å². The highest BCUT2D eigenvalue weighted by Gasteiger charge is 2.23. The third kappa shape index (κ3) is 5.61. The molecule has 12 rings (SSSR count). The molecule has 3 aromatic heterocycles. The molecule has 0 saturated carbocycles. The van der Waals surface area contributed by atoms with Gasteiger partial charge >= 0.3 is 0 Å². The number of aromatic nitrogens is 1. The number of thiophene rings is 1. The zero-order valence-corrected chi connectivity index (χ0v) is 32.9. The Labute approximate surface area is 345 Å². The normalized spacial score (nSPS) is 14.8. The molecule has 1 atom stereocenters. The summed E-state index contributed by atoms with van der Waals surface area (Å²) in [5.41, 5.74) is 12.3. The summed E-state index contributed by atoms with van der Waals surface area (Å²) in [6.45, 7) is 0. The molecule has 0 radical (unpaired) electrons. The lowest BCUT2D eigenvalue weighted by Gasteiger charge is -2.22. The lowest BCUT2D eigenvalue weighted by molar-refractivity contribution is 0.662. The number of aliphatic imine (C=N–C) groups is 1. The first-order valence-corrected chi connectivity index (χ1v) is 21.1. The van der Waals surface area contributed by atoms with E-state index in [1.165, 1.54) is 64.2 Å². The quantitative estimate of drug-likeness (QED) is 0.189. The lowest BCUT2D eigenvalue weighted by atomic mass is 9.94. The van der Waals surface area contributed by atoms with Crippen molar-refractivity contribution in [1.82, 2.24) is 9.88 Å². The molecule has 11 aromatic rings. The van der Waals surface area contributed by atoms with E-state index in [-0.39, 0.29) is 6.04 Å². The molecule has 4 heterocycles. The van der Waals surface area contributed by atoms with Gasteiger partial charge in [-0.2, -0.15) is 0 Å². The molecule has 0 aliphatic carbocycles. The fraction of sp³-hybridized carbons (Fsp3) is 0.0556. The zero-order chi connectivity index (χ0) is 38.9. The van der Waals surface area contributed by atoms with Crippen LogP contribution in [0.25, 0.3) is 86.4 Å². The molecule has 5 heteroatoms. The highest BCUT2D eigenvalue weighted by Crippen LogP contribution is 2.44. The molecular weight excluding hydrogens is 739 g/mol. The molecule has 1 aliphatic heterocycles. The minimum absolute atomic E-state index is 0.0206. The Hall–Kier alpha value is -7.21. The summed E-state index contributed by atoms with van der Waals surface area (Å²) in [4.78, 5) is 5.56. The molecular formula is C54H37N3OS. The molecule has 59 heavy (non-hydrogen) atoms. The molecule has 1 aliphatic rings. The van der Waals surface area contributed by atoms with Crippen LogP contribution in [0.15, 0.2) is 197 Å². The number of amidine groups is 1. The Morgan fingerprint density at radius 3 is 2.10 bits per heavy atom. The molecule has 0 amide bonds. The Morgan fingerprint density at radius 2 is 1.27 bits per heavy atom. The van der Waals surface area contributed by atoms with Gasteiger partial charge in [-0.15, -0.1) is 11.3 Å². The summed E-state index contributed by atoms with van der Waals surface area (Å²) in [5.74, 6) is 0.895. The van der Waals surface area contributed by atoms with Crippen LogP contribution in [0.4, 0.5) is 0 Å². The predicted molar refractivity (Wildman–Crippen MR) is 249 cm³/mol. The van der Waals surface area contributed by atoms with Gasteiger partial charge in [-0.05, 0) is 95.8 Å². The van der Waals surface area contributed by atoms with Crippen LogP contribution in [-0.2, 0) is 0 Å². The van der Waals surface area contributed by atoms with Gasteiger partial charge in [-0.3, -0.25) is 4.99 Å². The summed E-state index contributed by atoms with van der Waals surface area (Å²) in [5, 5.41) is 11.1. The highest BCUT2D eigenvalue weighted by atomic mass is 32.1. The minimum atomic E-state index is -0.0206. The van der Waals surface area contributed by atoms with Gasteiger partial charge in [0.05, 0.1) is 22.5 Å². The molecule has 1 unspecified atom stereocenters. The number of para-hydroxylation sites is 2. The van der Waals surface area contributed by atoms with Crippen molar-refractivity contribution in [3.63, 3.8) is 0 Å². The van der Waals surface area contributed by atoms with Gasteiger partial charge in [0.2, 0.25) is 0 Å². The van der Waals surface area contributed by atoms with Crippen LogP contribution in [0.1, 0.15) is 35.6 Å². The predicted octanol–water partition coefficient (Wildman–Crippen LogP) is 14.6. The van der Waals surface area contributed by atoms with Crippen LogP contribution in [0, 0.1) is 0 Å². The van der Waals surface area contributed by atoms with Crippen molar-refractivity contribution in [3.05, 3.63) is 205 Å². The fourth-order valence-electron chi connectivity index (χ4n) is 9.24. The first kappa shape index (κ1) is 33.9. The van der Waals surface area contributed by atoms with E-state index in [0.717, 1.165) is 57.6 Å². The van der Waals surface area contributed by atoms with E-state index < -0.39 is 0 Å². The van der Waals surface area contributed by atoms with Crippen molar-refractivity contribution >= 4 is 86.8 Å². The summed E-state index contributed by atoms with van der Waals surface area (Å²) >= 11 is 1.87. The van der Waals surface area contributed by atoms with Crippen molar-refractivity contribution in [2.45, 2.75) is 18.9 Å². The van der Waals surface area contributed by atoms with E-state index in [4.69, 9.17) is 9.41 Å². The molecule has 0 saturated heterocycles. The second-order valence-electron chi connectivity index (χ2n) is 15.4. The molecule has 280 valence electrons. The van der Waals surface area contributed by atoms with Crippen molar-refractivity contribution < 1.29 is 4.42 Å². The maximum atomic E-state index is 6.40. The number of hydrogen-bond acceptors (Lipinski definition) is 4. The smallest absolute Gasteiger partial charge is 0.137 e. The first-order valence-electron chi connectivity index (χ1n) is 20.3. The summed E-state index contributed by atoms with van der Waals surface area (Å²) in [6, 6.07) is 65.3. The average Bonchev–Trinajstić information content (AvgIpc) is 3.96. The topological polar surface area (TPSA) is 42.5 Å². The molecule has 0 bridgehead atoms. The Bertz CT molecular complexity index is 3460. The molecule has 0 spiro atoms. The van der Waals surface area contributed by atoms with Gasteiger partial charge in [-0.1, -0.05) is 127 Å². The van der Waals surface area contributed by atoms with Gasteiger partial charge in [0.25, 0.3) is 0 Å². The van der Waals surface area contributed by atoms with Crippen LogP contribution >= 0.6 is 11.3 Å². The summed E-state index contributed by atoms with van der Waals surface area (Å²) in [6.07, 6.45) is 4.16. The SMILES string of the molecule is C1=C(c2ccccc2)NC(c2ccccc2)=NC(c2cccc3sc4ccc(-c5ccc6c(c5)c5ccc7oc8ccccc8c7c5n6-c5ccccc5)cc4c23)CC1. The number of nitrogens with one attached hydrogen (secondary N) is 1. The van der Waals surface area contributed by atoms with E-state index >= 15 is 0 Å². The minimum Gasteiger partial charge on any atom is -0.456 e. The summed E-state index contributed by atoms with van der Waals surface area (Å²) in [7, 11) is 0. The molecule has 0 fully saturated rings. The number of allylic oxidation sites excluding steroid dienone is 1. The number of benzene rings is 8. The Kier molecular flexibility index (Phi) is 7.88. The van der Waals surface area contributed by atoms with Gasteiger partial charge in [-0.25, -0.2) is 0 Å². The zero-order valence-electron chi connectivity index (χ0n) is 32.1. The first-order chi connectivity index (χ1) is 29.2. The standard InChI is InChI=1S/C54H37N3OS/c1-4-14-34(15-5-1)44-22-13-23-45(56-54(55-44)35-16-6-2-7-17-35)40-21-12-25-50-51(40)43-33-37(27-31-49(43)59-50)36-26-29-46-42(32-36)39-28-30-48-52(41-20-10-11-24-47(41)58-48)53(39)57(46)38-18-8-3-9-19-38/h1-12,14-22,24-33,45H,13,23H2,(H,55,56). The molecule has 8 aromatic carbocycles. The van der Waals surface area contributed by atoms with Crippen LogP contribution in [0.2, 0.25) is 0 Å². The molecule has 4 nitrogen and oxygen atoms in total. The second-order valence-corrected chi connectivity index (χ2v) is 16.5. The van der Waals surface area contributed by atoms with Gasteiger partial charge < -0.3 is 14.3 Å². The monoisotopic (exact) mass is 775 g/mol. The van der Waals surface area contributed by atoms with E-state index in [1.807, 2.05) is 17.4 Å². The lowest BCUT2D eigenvalue weighted by Crippen LogP contribution is -2.25. The van der Waals surface area contributed by atoms with Crippen molar-refractivity contribution in [2.24, 2.45) is 4.99 Å². The van der Waals surface area contributed by atoms with Crippen LogP contribution in [-0.4, -0.2) is 10.4 Å².